The minimum Gasteiger partial charge on any atom is -0.439 e. The predicted molar refractivity (Wildman–Crippen MR) is 151 cm³/mol. The van der Waals surface area contributed by atoms with Crippen molar-refractivity contribution in [1.29, 1.82) is 0 Å². The first-order valence-electron chi connectivity index (χ1n) is 12.1. The van der Waals surface area contributed by atoms with Crippen LogP contribution in [0, 0.1) is 6.92 Å². The summed E-state index contributed by atoms with van der Waals surface area (Å²) in [6.07, 6.45) is -2.23. The number of carbonyl (C=O) groups is 1. The average Bonchev–Trinajstić information content (AvgIpc) is 3.27. The molecular weight excluding hydrogens is 545 g/mol. The van der Waals surface area contributed by atoms with E-state index in [1.54, 1.807) is 10.7 Å². The van der Waals surface area contributed by atoms with Crippen LogP contribution in [0.2, 0.25) is 0 Å². The Bertz CT molecular complexity index is 1440. The minimum atomic E-state index is -4.61. The van der Waals surface area contributed by atoms with Crippen molar-refractivity contribution in [3.05, 3.63) is 94.9 Å². The number of aliphatic imine (C=N–C) groups is 1. The Morgan fingerprint density at radius 1 is 1.18 bits per heavy atom. The van der Waals surface area contributed by atoms with Gasteiger partial charge in [0.1, 0.15) is 16.7 Å². The second-order valence-electron chi connectivity index (χ2n) is 9.83. The van der Waals surface area contributed by atoms with Crippen molar-refractivity contribution in [2.75, 3.05) is 5.32 Å². The fourth-order valence-corrected chi connectivity index (χ4v) is 3.54. The van der Waals surface area contributed by atoms with Crippen LogP contribution in [0.4, 0.5) is 23.8 Å². The van der Waals surface area contributed by atoms with E-state index in [2.05, 4.69) is 27.3 Å². The third kappa shape index (κ3) is 8.12. The molecule has 0 bridgehead atoms. The number of hydrogen-bond donors (Lipinski definition) is 3. The first-order chi connectivity index (χ1) is 18.7. The van der Waals surface area contributed by atoms with Crippen LogP contribution in [0.15, 0.2) is 77.5 Å². The summed E-state index contributed by atoms with van der Waals surface area (Å²) in [6, 6.07) is 11.5. The molecule has 1 heterocycles. The lowest BCUT2D eigenvalue weighted by Gasteiger charge is -2.15. The van der Waals surface area contributed by atoms with Crippen molar-refractivity contribution >= 4 is 29.3 Å². The topological polar surface area (TPSA) is 107 Å². The molecule has 0 spiro atoms. The van der Waals surface area contributed by atoms with Gasteiger partial charge in [-0.2, -0.15) is 18.3 Å². The van der Waals surface area contributed by atoms with Crippen LogP contribution < -0.4 is 21.1 Å². The lowest BCUT2D eigenvalue weighted by Crippen LogP contribution is -2.29. The lowest BCUT2D eigenvalue weighted by molar-refractivity contribution is -0.137. The Balaban J connectivity index is 1.89. The standard InChI is InChI=1S/C28H30ClF3N6O2/c1-17-6-9-21(10-7-17)38-24(15-23(37-38)27(3,4)5)36-26(39)34-16-19-14-20(28(30,31)32)8-11-22(19)40-25(12-13-33)35-18(2)29/h6-15H,2,16,33H2,1,3-5H3,(H2,34,36,39)/b13-12-,35-25+. The third-order valence-corrected chi connectivity index (χ3v) is 5.59. The van der Waals surface area contributed by atoms with E-state index in [9.17, 15) is 18.0 Å². The summed E-state index contributed by atoms with van der Waals surface area (Å²) in [5.41, 5.74) is 6.73. The molecule has 2 amide bonds. The molecule has 0 aliphatic carbocycles. The number of halogens is 4. The van der Waals surface area contributed by atoms with Crippen molar-refractivity contribution in [2.24, 2.45) is 10.7 Å². The highest BCUT2D eigenvalue weighted by atomic mass is 35.5. The molecule has 3 rings (SSSR count). The molecule has 0 radical (unpaired) electrons. The van der Waals surface area contributed by atoms with E-state index < -0.39 is 17.8 Å². The average molecular weight is 575 g/mol. The summed E-state index contributed by atoms with van der Waals surface area (Å²) < 4.78 is 47.5. The van der Waals surface area contributed by atoms with Gasteiger partial charge in [0.15, 0.2) is 0 Å². The van der Waals surface area contributed by atoms with Gasteiger partial charge < -0.3 is 15.8 Å². The van der Waals surface area contributed by atoms with Gasteiger partial charge in [-0.1, -0.05) is 56.6 Å². The molecule has 212 valence electrons. The van der Waals surface area contributed by atoms with Gasteiger partial charge in [-0.25, -0.2) is 14.5 Å². The number of hydrogen-bond acceptors (Lipinski definition) is 5. The molecule has 0 saturated carbocycles. The molecule has 1 aromatic heterocycles. The molecule has 0 saturated heterocycles. The number of benzene rings is 2. The number of rotatable bonds is 7. The molecule has 8 nitrogen and oxygen atoms in total. The van der Waals surface area contributed by atoms with E-state index in [1.807, 2.05) is 52.0 Å². The van der Waals surface area contributed by atoms with Crippen LogP contribution in [0.3, 0.4) is 0 Å². The number of ether oxygens (including phenoxy) is 1. The van der Waals surface area contributed by atoms with Gasteiger partial charge in [0.05, 0.1) is 16.9 Å². The summed E-state index contributed by atoms with van der Waals surface area (Å²) in [5.74, 6) is 0.280. The number of amides is 2. The second kappa shape index (κ2) is 12.3. The number of urea groups is 1. The highest BCUT2D eigenvalue weighted by molar-refractivity contribution is 6.29. The van der Waals surface area contributed by atoms with E-state index in [4.69, 9.17) is 22.1 Å². The number of carbonyl (C=O) groups excluding carboxylic acids is 1. The summed E-state index contributed by atoms with van der Waals surface area (Å²) in [4.78, 5) is 16.8. The SMILES string of the molecule is C=C(Cl)/N=C(\C=C/N)Oc1ccc(C(F)(F)F)cc1CNC(=O)Nc1cc(C(C)(C)C)nn1-c1ccc(C)cc1. The van der Waals surface area contributed by atoms with Crippen molar-refractivity contribution in [2.45, 2.75) is 45.8 Å². The van der Waals surface area contributed by atoms with Crippen LogP contribution in [-0.4, -0.2) is 21.7 Å². The van der Waals surface area contributed by atoms with E-state index in [0.717, 1.165) is 41.3 Å². The number of aromatic nitrogens is 2. The fourth-order valence-electron chi connectivity index (χ4n) is 3.46. The molecule has 2 aromatic carbocycles. The highest BCUT2D eigenvalue weighted by Crippen LogP contribution is 2.33. The molecule has 0 fully saturated rings. The Labute approximate surface area is 235 Å². The summed E-state index contributed by atoms with van der Waals surface area (Å²) in [5, 5.41) is 9.86. The van der Waals surface area contributed by atoms with Crippen molar-refractivity contribution < 1.29 is 22.7 Å². The van der Waals surface area contributed by atoms with Gasteiger partial charge in [0.2, 0.25) is 5.90 Å². The number of nitrogens with two attached hydrogens (primary N) is 1. The van der Waals surface area contributed by atoms with E-state index in [0.29, 0.717) is 5.82 Å². The molecular formula is C28H30ClF3N6O2. The molecule has 0 aliphatic heterocycles. The van der Waals surface area contributed by atoms with Gasteiger partial charge in [0.25, 0.3) is 0 Å². The monoisotopic (exact) mass is 574 g/mol. The molecule has 0 aliphatic rings. The maximum atomic E-state index is 13.4. The van der Waals surface area contributed by atoms with Crippen LogP contribution in [0.1, 0.15) is 43.2 Å². The van der Waals surface area contributed by atoms with E-state index in [-0.39, 0.29) is 34.3 Å². The van der Waals surface area contributed by atoms with Crippen molar-refractivity contribution in [3.8, 4) is 11.4 Å². The number of nitrogens with zero attached hydrogens (tertiary/aromatic N) is 3. The van der Waals surface area contributed by atoms with Crippen LogP contribution in [0.25, 0.3) is 5.69 Å². The Morgan fingerprint density at radius 2 is 1.85 bits per heavy atom. The zero-order valence-corrected chi connectivity index (χ0v) is 23.2. The first kappa shape index (κ1) is 30.3. The summed E-state index contributed by atoms with van der Waals surface area (Å²) in [6.45, 7) is 11.1. The Kier molecular flexibility index (Phi) is 9.31. The van der Waals surface area contributed by atoms with Gasteiger partial charge in [-0.15, -0.1) is 0 Å². The van der Waals surface area contributed by atoms with Crippen molar-refractivity contribution in [1.82, 2.24) is 15.1 Å². The maximum absolute atomic E-state index is 13.4. The predicted octanol–water partition coefficient (Wildman–Crippen LogP) is 6.78. The third-order valence-electron chi connectivity index (χ3n) is 5.51. The largest absolute Gasteiger partial charge is 0.439 e. The maximum Gasteiger partial charge on any atom is 0.416 e. The van der Waals surface area contributed by atoms with Gasteiger partial charge in [0, 0.05) is 29.7 Å². The Hall–Kier alpha value is -4.25. The van der Waals surface area contributed by atoms with Crippen LogP contribution in [0.5, 0.6) is 5.75 Å². The van der Waals surface area contributed by atoms with E-state index in [1.165, 1.54) is 6.08 Å². The first-order valence-corrected chi connectivity index (χ1v) is 12.5. The minimum absolute atomic E-state index is 0.00258. The van der Waals surface area contributed by atoms with Gasteiger partial charge in [-0.05, 0) is 43.5 Å². The molecule has 4 N–H and O–H groups in total. The smallest absolute Gasteiger partial charge is 0.416 e. The lowest BCUT2D eigenvalue weighted by atomic mass is 9.92. The highest BCUT2D eigenvalue weighted by Gasteiger charge is 2.31. The Morgan fingerprint density at radius 3 is 2.42 bits per heavy atom. The number of nitrogens with one attached hydrogen (secondary N) is 2. The van der Waals surface area contributed by atoms with Gasteiger partial charge in [-0.3, -0.25) is 5.32 Å². The van der Waals surface area contributed by atoms with Crippen LogP contribution >= 0.6 is 11.6 Å². The quantitative estimate of drug-likeness (QED) is 0.164. The molecule has 0 atom stereocenters. The number of anilines is 1. The zero-order valence-electron chi connectivity index (χ0n) is 22.4. The van der Waals surface area contributed by atoms with E-state index >= 15 is 0 Å². The van der Waals surface area contributed by atoms with Crippen LogP contribution in [-0.2, 0) is 18.1 Å². The summed E-state index contributed by atoms with van der Waals surface area (Å²) >= 11 is 5.72. The molecule has 0 unspecified atom stereocenters. The van der Waals surface area contributed by atoms with Crippen molar-refractivity contribution in [3.63, 3.8) is 0 Å². The molecule has 12 heteroatoms. The fraction of sp³-hybridized carbons (Fsp3) is 0.250. The zero-order chi connectivity index (χ0) is 29.7. The second-order valence-corrected chi connectivity index (χ2v) is 10.3. The summed E-state index contributed by atoms with van der Waals surface area (Å²) in [7, 11) is 0. The normalized spacial score (nSPS) is 12.4. The number of aryl methyl sites for hydroxylation is 1. The van der Waals surface area contributed by atoms with Gasteiger partial charge >= 0.3 is 12.2 Å². The molecule has 3 aromatic rings. The number of alkyl halides is 3. The molecule has 40 heavy (non-hydrogen) atoms.